The summed E-state index contributed by atoms with van der Waals surface area (Å²) >= 11 is 10.9. The second-order valence-electron chi connectivity index (χ2n) is 1.70. The number of carboxylic acid groups (broad SMARTS) is 2. The molecular weight excluding hydrogens is 319 g/mol. The molecule has 7 heteroatoms. The SMILES string of the molecule is O=C(O)/C=C(/C(=O)O)C(Cl)(Br)Br. The van der Waals surface area contributed by atoms with E-state index in [4.69, 9.17) is 21.8 Å². The second-order valence-corrected chi connectivity index (χ2v) is 6.62. The van der Waals surface area contributed by atoms with Gasteiger partial charge in [0.15, 0.2) is 2.69 Å². The third-order valence-electron chi connectivity index (χ3n) is 0.804. The first-order chi connectivity index (χ1) is 5.25. The van der Waals surface area contributed by atoms with Crippen LogP contribution in [0.1, 0.15) is 0 Å². The van der Waals surface area contributed by atoms with E-state index in [0.717, 1.165) is 0 Å². The van der Waals surface area contributed by atoms with Gasteiger partial charge >= 0.3 is 11.9 Å². The molecule has 0 aromatic rings. The minimum atomic E-state index is -1.55. The average molecular weight is 322 g/mol. The van der Waals surface area contributed by atoms with Crippen LogP contribution in [0.25, 0.3) is 0 Å². The van der Waals surface area contributed by atoms with Crippen molar-refractivity contribution in [3.63, 3.8) is 0 Å². The van der Waals surface area contributed by atoms with E-state index >= 15 is 0 Å². The lowest BCUT2D eigenvalue weighted by molar-refractivity contribution is -0.135. The number of alkyl halides is 3. The first kappa shape index (κ1) is 11.9. The summed E-state index contributed by atoms with van der Waals surface area (Å²) in [5.41, 5.74) is -0.503. The molecule has 0 aliphatic heterocycles. The van der Waals surface area contributed by atoms with Crippen molar-refractivity contribution in [1.29, 1.82) is 0 Å². The molecule has 0 amide bonds. The number of carboxylic acids is 2. The van der Waals surface area contributed by atoms with E-state index in [2.05, 4.69) is 31.9 Å². The summed E-state index contributed by atoms with van der Waals surface area (Å²) in [7, 11) is 0. The smallest absolute Gasteiger partial charge is 0.335 e. The third-order valence-corrected chi connectivity index (χ3v) is 1.86. The van der Waals surface area contributed by atoms with Crippen LogP contribution < -0.4 is 0 Å². The number of hydrogen-bond donors (Lipinski definition) is 2. The lowest BCUT2D eigenvalue weighted by Gasteiger charge is -2.10. The van der Waals surface area contributed by atoms with Crippen molar-refractivity contribution < 1.29 is 19.8 Å². The summed E-state index contributed by atoms with van der Waals surface area (Å²) in [6.45, 7) is 0. The molecule has 4 nitrogen and oxygen atoms in total. The summed E-state index contributed by atoms with van der Waals surface area (Å²) in [4.78, 5) is 20.5. The molecule has 0 spiro atoms. The van der Waals surface area contributed by atoms with Gasteiger partial charge in [0.25, 0.3) is 0 Å². The van der Waals surface area contributed by atoms with E-state index in [1.165, 1.54) is 0 Å². The van der Waals surface area contributed by atoms with Crippen molar-refractivity contribution in [2.75, 3.05) is 0 Å². The fraction of sp³-hybridized carbons (Fsp3) is 0.200. The molecule has 0 unspecified atom stereocenters. The Labute approximate surface area is 89.5 Å². The molecule has 0 saturated heterocycles. The van der Waals surface area contributed by atoms with E-state index in [9.17, 15) is 9.59 Å². The van der Waals surface area contributed by atoms with Crippen LogP contribution >= 0.6 is 43.5 Å². The Balaban J connectivity index is 4.94. The van der Waals surface area contributed by atoms with Gasteiger partial charge in [-0.25, -0.2) is 9.59 Å². The van der Waals surface area contributed by atoms with E-state index in [0.29, 0.717) is 6.08 Å². The molecule has 0 heterocycles. The highest BCUT2D eigenvalue weighted by Gasteiger charge is 2.31. The van der Waals surface area contributed by atoms with Gasteiger partial charge in [0, 0.05) is 6.08 Å². The predicted molar refractivity (Wildman–Crippen MR) is 49.8 cm³/mol. The van der Waals surface area contributed by atoms with Gasteiger partial charge in [0.1, 0.15) is 0 Å². The fourth-order valence-electron chi connectivity index (χ4n) is 0.388. The molecule has 2 N–H and O–H groups in total. The molecule has 0 saturated carbocycles. The molecule has 0 aromatic carbocycles. The molecule has 0 aliphatic rings. The second kappa shape index (κ2) is 4.25. The van der Waals surface area contributed by atoms with E-state index in [1.54, 1.807) is 0 Å². The van der Waals surface area contributed by atoms with Crippen LogP contribution in [-0.2, 0) is 9.59 Å². The van der Waals surface area contributed by atoms with E-state index < -0.39 is 20.2 Å². The van der Waals surface area contributed by atoms with Gasteiger partial charge in [-0.3, -0.25) is 0 Å². The molecule has 0 bridgehead atoms. The fourth-order valence-corrected chi connectivity index (χ4v) is 1.09. The van der Waals surface area contributed by atoms with Gasteiger partial charge in [-0.1, -0.05) is 11.6 Å². The topological polar surface area (TPSA) is 74.6 Å². The molecule has 0 radical (unpaired) electrons. The van der Waals surface area contributed by atoms with E-state index in [1.807, 2.05) is 0 Å². The summed E-state index contributed by atoms with van der Waals surface area (Å²) in [5, 5.41) is 16.7. The highest BCUT2D eigenvalue weighted by molar-refractivity contribution is 9.26. The molecule has 0 aromatic heterocycles. The van der Waals surface area contributed by atoms with Gasteiger partial charge in [0.2, 0.25) is 0 Å². The van der Waals surface area contributed by atoms with Crippen molar-refractivity contribution in [2.45, 2.75) is 2.69 Å². The van der Waals surface area contributed by atoms with Crippen LogP contribution in [0.2, 0.25) is 0 Å². The predicted octanol–water partition coefficient (Wildman–Crippen LogP) is 1.76. The van der Waals surface area contributed by atoms with Gasteiger partial charge in [-0.15, -0.1) is 0 Å². The minimum Gasteiger partial charge on any atom is -0.478 e. The number of carbonyl (C=O) groups is 2. The maximum atomic E-state index is 10.4. The molecule has 0 aliphatic carbocycles. The van der Waals surface area contributed by atoms with Crippen molar-refractivity contribution in [2.24, 2.45) is 0 Å². The summed E-state index contributed by atoms with van der Waals surface area (Å²) < 4.78 is -1.55. The molecule has 12 heavy (non-hydrogen) atoms. The van der Waals surface area contributed by atoms with Gasteiger partial charge in [0.05, 0.1) is 5.57 Å². The minimum absolute atomic E-state index is 0.499. The van der Waals surface area contributed by atoms with Crippen LogP contribution in [0.4, 0.5) is 0 Å². The van der Waals surface area contributed by atoms with Gasteiger partial charge in [-0.05, 0) is 31.9 Å². The molecule has 0 rings (SSSR count). The zero-order valence-corrected chi connectivity index (χ0v) is 9.35. The maximum Gasteiger partial charge on any atom is 0.335 e. The number of rotatable bonds is 3. The first-order valence-electron chi connectivity index (χ1n) is 2.50. The average Bonchev–Trinajstić information content (AvgIpc) is 1.79. The molecule has 0 fully saturated rings. The Morgan fingerprint density at radius 3 is 1.83 bits per heavy atom. The number of aliphatic carboxylic acids is 2. The Bertz CT molecular complexity index is 242. The normalized spacial score (nSPS) is 12.8. The van der Waals surface area contributed by atoms with Crippen LogP contribution in [0, 0.1) is 0 Å². The third kappa shape index (κ3) is 4.08. The van der Waals surface area contributed by atoms with Gasteiger partial charge < -0.3 is 10.2 Å². The van der Waals surface area contributed by atoms with Crippen molar-refractivity contribution in [3.05, 3.63) is 11.6 Å². The quantitative estimate of drug-likeness (QED) is 0.613. The van der Waals surface area contributed by atoms with Crippen molar-refractivity contribution >= 4 is 55.4 Å². The zero-order valence-electron chi connectivity index (χ0n) is 5.42. The maximum absolute atomic E-state index is 10.4. The van der Waals surface area contributed by atoms with Crippen molar-refractivity contribution in [1.82, 2.24) is 0 Å². The summed E-state index contributed by atoms with van der Waals surface area (Å²) in [6.07, 6.45) is 0.499. The highest BCUT2D eigenvalue weighted by Crippen LogP contribution is 2.38. The molecule has 68 valence electrons. The Morgan fingerprint density at radius 2 is 1.75 bits per heavy atom. The summed E-state index contributed by atoms with van der Waals surface area (Å²) in [5.74, 6) is -2.79. The largest absolute Gasteiger partial charge is 0.478 e. The molecule has 0 atom stereocenters. The Kier molecular flexibility index (Phi) is 4.22. The Hall–Kier alpha value is -0.0700. The van der Waals surface area contributed by atoms with E-state index in [-0.39, 0.29) is 0 Å². The Morgan fingerprint density at radius 1 is 1.33 bits per heavy atom. The van der Waals surface area contributed by atoms with Crippen LogP contribution in [0.3, 0.4) is 0 Å². The van der Waals surface area contributed by atoms with Crippen LogP contribution in [0.15, 0.2) is 11.6 Å². The highest BCUT2D eigenvalue weighted by atomic mass is 79.9. The standard InChI is InChI=1S/C5H3Br2ClO4/c6-5(7,8)2(4(11)12)1-3(9)10/h1H,(H,9,10)(H,11,12)/b2-1-. The number of halogens is 3. The van der Waals surface area contributed by atoms with Crippen LogP contribution in [-0.4, -0.2) is 24.8 Å². The zero-order chi connectivity index (χ0) is 9.94. The number of hydrogen-bond acceptors (Lipinski definition) is 2. The van der Waals surface area contributed by atoms with Crippen LogP contribution in [0.5, 0.6) is 0 Å². The van der Waals surface area contributed by atoms with Gasteiger partial charge in [-0.2, -0.15) is 0 Å². The molecular formula is C5H3Br2ClO4. The summed E-state index contributed by atoms with van der Waals surface area (Å²) in [6, 6.07) is 0. The lowest BCUT2D eigenvalue weighted by atomic mass is 10.3. The lowest BCUT2D eigenvalue weighted by Crippen LogP contribution is -2.16. The monoisotopic (exact) mass is 320 g/mol. The first-order valence-corrected chi connectivity index (χ1v) is 4.46. The van der Waals surface area contributed by atoms with Crippen molar-refractivity contribution in [3.8, 4) is 0 Å².